The van der Waals surface area contributed by atoms with E-state index < -0.39 is 18.0 Å². The van der Waals surface area contributed by atoms with Crippen molar-refractivity contribution in [1.82, 2.24) is 4.90 Å². The number of hydrogen-bond donors (Lipinski definition) is 1. The Hall–Kier alpha value is -4.59. The third kappa shape index (κ3) is 4.33. The molecule has 174 valence electrons. The van der Waals surface area contributed by atoms with Crippen LogP contribution in [-0.4, -0.2) is 58.9 Å². The zero-order valence-electron chi connectivity index (χ0n) is 19.0. The second-order valence-electron chi connectivity index (χ2n) is 8.20. The van der Waals surface area contributed by atoms with Crippen molar-refractivity contribution in [2.75, 3.05) is 19.0 Å². The van der Waals surface area contributed by atoms with Gasteiger partial charge in [-0.05, 0) is 41.3 Å². The Morgan fingerprint density at radius 3 is 2.63 bits per heavy atom. The van der Waals surface area contributed by atoms with Crippen LogP contribution >= 0.6 is 0 Å². The summed E-state index contributed by atoms with van der Waals surface area (Å²) in [5.74, 6) is -0.121. The maximum atomic E-state index is 13.4. The smallest absolute Gasteiger partial charge is 0.497 e. The number of carbonyl (C=O) groups is 3. The molecule has 8 nitrogen and oxygen atoms in total. The van der Waals surface area contributed by atoms with Gasteiger partial charge >= 0.3 is 11.9 Å². The molecule has 5 rings (SSSR count). The number of methoxy groups -OCH3 is 1. The summed E-state index contributed by atoms with van der Waals surface area (Å²) < 4.78 is 6.50. The molecular weight excluding hydrogens is 444 g/mol. The standard InChI is InChI=1S/C27H22N4O4/c1-35-20-13-11-18(12-14-20)16-31-26(33)25-23(10-5-15-28-25)30(27(31)34)17-24(32)29-22-9-4-7-19-6-2-3-8-21(19)22/h2-15,25H,16-17H2,1H3/p+1. The van der Waals surface area contributed by atoms with E-state index in [0.29, 0.717) is 17.1 Å². The number of hydrogen-bond acceptors (Lipinski definition) is 5. The van der Waals surface area contributed by atoms with E-state index in [1.165, 1.54) is 10.8 Å². The monoisotopic (exact) mass is 467 g/mol. The minimum Gasteiger partial charge on any atom is -0.497 e. The average molecular weight is 468 g/mol. The van der Waals surface area contributed by atoms with Crippen LogP contribution in [0.2, 0.25) is 0 Å². The zero-order chi connectivity index (χ0) is 24.4. The highest BCUT2D eigenvalue weighted by molar-refractivity contribution is 6.20. The second-order valence-corrected chi connectivity index (χ2v) is 8.20. The molecule has 0 radical (unpaired) electrons. The van der Waals surface area contributed by atoms with E-state index >= 15 is 0 Å². The van der Waals surface area contributed by atoms with Crippen LogP contribution in [0, 0.1) is 0 Å². The fraction of sp³-hybridized carbons (Fsp3) is 0.148. The molecule has 0 saturated carbocycles. The van der Waals surface area contributed by atoms with Crippen LogP contribution in [0.4, 0.5) is 10.5 Å². The number of anilines is 1. The van der Waals surface area contributed by atoms with E-state index in [1.54, 1.807) is 43.5 Å². The molecule has 4 amide bonds. The largest absolute Gasteiger partial charge is 0.501 e. The molecule has 0 saturated heterocycles. The predicted molar refractivity (Wildman–Crippen MR) is 133 cm³/mol. The Bertz CT molecular complexity index is 1420. The summed E-state index contributed by atoms with van der Waals surface area (Å²) in [4.78, 5) is 45.1. The van der Waals surface area contributed by atoms with Gasteiger partial charge in [0, 0.05) is 17.3 Å². The molecular formula is C27H23N4O4+. The van der Waals surface area contributed by atoms with Crippen LogP contribution in [-0.2, 0) is 16.1 Å². The summed E-state index contributed by atoms with van der Waals surface area (Å²) in [7, 11) is 1.57. The fourth-order valence-electron chi connectivity index (χ4n) is 4.26. The van der Waals surface area contributed by atoms with Crippen molar-refractivity contribution in [2.24, 2.45) is 4.99 Å². The van der Waals surface area contributed by atoms with Gasteiger partial charge in [0.25, 0.3) is 5.91 Å². The zero-order valence-corrected chi connectivity index (χ0v) is 19.0. The molecule has 2 aliphatic rings. The normalized spacial score (nSPS) is 17.1. The van der Waals surface area contributed by atoms with Gasteiger partial charge in [0.2, 0.25) is 6.04 Å². The number of ether oxygens (including phenoxy) is 1. The molecule has 2 heterocycles. The average Bonchev–Trinajstić information content (AvgIpc) is 2.89. The van der Waals surface area contributed by atoms with Crippen LogP contribution in [0.5, 0.6) is 5.75 Å². The Morgan fingerprint density at radius 1 is 1.06 bits per heavy atom. The number of benzene rings is 3. The summed E-state index contributed by atoms with van der Waals surface area (Å²) in [5.41, 5.74) is 1.80. The first-order valence-corrected chi connectivity index (χ1v) is 11.2. The first-order valence-electron chi connectivity index (χ1n) is 11.2. The molecule has 1 atom stereocenters. The third-order valence-electron chi connectivity index (χ3n) is 6.01. The molecule has 35 heavy (non-hydrogen) atoms. The second kappa shape index (κ2) is 9.34. The lowest BCUT2D eigenvalue weighted by Crippen LogP contribution is -2.57. The van der Waals surface area contributed by atoms with Crippen molar-refractivity contribution in [3.8, 4) is 5.75 Å². The summed E-state index contributed by atoms with van der Waals surface area (Å²) in [6.45, 7) is -0.188. The van der Waals surface area contributed by atoms with Gasteiger partial charge in [0.1, 0.15) is 18.0 Å². The lowest BCUT2D eigenvalue weighted by Gasteiger charge is -2.26. The van der Waals surface area contributed by atoms with Gasteiger partial charge in [-0.1, -0.05) is 48.5 Å². The van der Waals surface area contributed by atoms with Gasteiger partial charge in [0.05, 0.1) is 7.11 Å². The number of amides is 4. The van der Waals surface area contributed by atoms with Gasteiger partial charge < -0.3 is 10.1 Å². The van der Waals surface area contributed by atoms with E-state index in [1.807, 2.05) is 42.5 Å². The summed E-state index contributed by atoms with van der Waals surface area (Å²) in [5, 5.41) is 4.81. The van der Waals surface area contributed by atoms with Crippen LogP contribution in [0.3, 0.4) is 0 Å². The lowest BCUT2D eigenvalue weighted by molar-refractivity contribution is -0.427. The Kier molecular flexibility index (Phi) is 5.93. The van der Waals surface area contributed by atoms with E-state index in [-0.39, 0.29) is 19.0 Å². The van der Waals surface area contributed by atoms with E-state index in [0.717, 1.165) is 21.2 Å². The number of nitrogens with zero attached hydrogens (tertiary/aromatic N) is 3. The number of nitrogens with one attached hydrogen (secondary N) is 1. The van der Waals surface area contributed by atoms with Crippen LogP contribution in [0.1, 0.15) is 5.56 Å². The Morgan fingerprint density at radius 2 is 1.83 bits per heavy atom. The number of dihydropyridines is 1. The predicted octanol–water partition coefficient (Wildman–Crippen LogP) is 3.41. The molecule has 0 bridgehead atoms. The van der Waals surface area contributed by atoms with E-state index in [4.69, 9.17) is 4.74 Å². The molecule has 3 aromatic rings. The molecule has 0 aromatic heterocycles. The summed E-state index contributed by atoms with van der Waals surface area (Å²) in [6, 6.07) is 19.1. The SMILES string of the molecule is COc1ccc(CN2C(=O)C3N=CC=CC3=[N+](CC(=O)Nc3cccc4ccccc34)C2=O)cc1. The number of aliphatic imine (C=N–C) groups is 1. The highest BCUT2D eigenvalue weighted by Crippen LogP contribution is 2.23. The highest BCUT2D eigenvalue weighted by Gasteiger charge is 2.48. The number of rotatable bonds is 6. The molecule has 1 unspecified atom stereocenters. The molecule has 1 N–H and O–H groups in total. The van der Waals surface area contributed by atoms with E-state index in [2.05, 4.69) is 10.3 Å². The van der Waals surface area contributed by atoms with Crippen LogP contribution in [0.15, 0.2) is 83.9 Å². The van der Waals surface area contributed by atoms with Gasteiger partial charge in [-0.15, -0.1) is 0 Å². The Balaban J connectivity index is 1.42. The van der Waals surface area contributed by atoms with Crippen molar-refractivity contribution >= 4 is 46.2 Å². The third-order valence-corrected chi connectivity index (χ3v) is 6.01. The first kappa shape index (κ1) is 22.2. The molecule has 2 aliphatic heterocycles. The van der Waals surface area contributed by atoms with Crippen molar-refractivity contribution in [3.63, 3.8) is 0 Å². The fourth-order valence-corrected chi connectivity index (χ4v) is 4.26. The van der Waals surface area contributed by atoms with Crippen molar-refractivity contribution in [1.29, 1.82) is 0 Å². The molecule has 0 aliphatic carbocycles. The number of allylic oxidation sites excluding steroid dienone is 1. The maximum absolute atomic E-state index is 13.4. The minimum atomic E-state index is -0.874. The molecule has 0 spiro atoms. The number of urea groups is 1. The van der Waals surface area contributed by atoms with Crippen molar-refractivity contribution in [3.05, 3.63) is 84.4 Å². The highest BCUT2D eigenvalue weighted by atomic mass is 16.5. The van der Waals surface area contributed by atoms with Crippen molar-refractivity contribution < 1.29 is 23.7 Å². The first-order chi connectivity index (χ1) is 17.0. The van der Waals surface area contributed by atoms with Crippen LogP contribution in [0.25, 0.3) is 10.8 Å². The van der Waals surface area contributed by atoms with Gasteiger partial charge in [0.15, 0.2) is 6.54 Å². The van der Waals surface area contributed by atoms with E-state index in [9.17, 15) is 14.4 Å². The maximum Gasteiger partial charge on any atom is 0.501 e. The number of imide groups is 1. The molecule has 0 fully saturated rings. The van der Waals surface area contributed by atoms with Crippen molar-refractivity contribution in [2.45, 2.75) is 12.6 Å². The van der Waals surface area contributed by atoms with Gasteiger partial charge in [-0.3, -0.25) is 9.79 Å². The topological polar surface area (TPSA) is 91.1 Å². The number of fused-ring (bicyclic) bond motifs is 2. The molecule has 3 aromatic carbocycles. The van der Waals surface area contributed by atoms with Gasteiger partial charge in [-0.2, -0.15) is 14.3 Å². The molecule has 8 heteroatoms. The quantitative estimate of drug-likeness (QED) is 0.563. The summed E-state index contributed by atoms with van der Waals surface area (Å²) in [6.07, 6.45) is 4.84. The van der Waals surface area contributed by atoms with Gasteiger partial charge in [-0.25, -0.2) is 4.79 Å². The number of carbonyl (C=O) groups excluding carboxylic acids is 3. The summed E-state index contributed by atoms with van der Waals surface area (Å²) >= 11 is 0. The minimum absolute atomic E-state index is 0.0616. The van der Waals surface area contributed by atoms with Crippen LogP contribution < -0.4 is 10.1 Å². The Labute approximate surface area is 201 Å². The lowest BCUT2D eigenvalue weighted by atomic mass is 10.0.